The topological polar surface area (TPSA) is 136 Å². The molecule has 11 heteroatoms. The van der Waals surface area contributed by atoms with Gasteiger partial charge >= 0.3 is 6.09 Å². The van der Waals surface area contributed by atoms with Crippen LogP contribution in [-0.2, 0) is 12.0 Å². The maximum Gasteiger partial charge on any atom is 0.434 e. The van der Waals surface area contributed by atoms with Gasteiger partial charge < -0.3 is 14.9 Å². The summed E-state index contributed by atoms with van der Waals surface area (Å²) in [7, 11) is 0. The van der Waals surface area contributed by atoms with E-state index < -0.39 is 12.0 Å². The third kappa shape index (κ3) is 4.49. The highest BCUT2D eigenvalue weighted by Crippen LogP contribution is 2.30. The predicted molar refractivity (Wildman–Crippen MR) is 123 cm³/mol. The minimum atomic E-state index is -1.21. The summed E-state index contributed by atoms with van der Waals surface area (Å²) in [4.78, 5) is 32.4. The second kappa shape index (κ2) is 8.39. The first-order valence-corrected chi connectivity index (χ1v) is 10.8. The van der Waals surface area contributed by atoms with E-state index in [4.69, 9.17) is 4.52 Å². The number of carbonyl (C=O) groups is 2. The highest BCUT2D eigenvalue weighted by molar-refractivity contribution is 9.10. The predicted octanol–water partition coefficient (Wildman–Crippen LogP) is 4.31. The molecular formula is C22H21BrN6O4. The van der Waals surface area contributed by atoms with Crippen LogP contribution in [0.25, 0.3) is 22.3 Å². The summed E-state index contributed by atoms with van der Waals surface area (Å²) in [5.41, 5.74) is 2.93. The van der Waals surface area contributed by atoms with Crippen molar-refractivity contribution in [2.75, 3.05) is 0 Å². The fourth-order valence-corrected chi connectivity index (χ4v) is 3.57. The Labute approximate surface area is 197 Å². The monoisotopic (exact) mass is 512 g/mol. The van der Waals surface area contributed by atoms with Crippen LogP contribution in [0.15, 0.2) is 39.5 Å². The number of nitrogens with zero attached hydrogens (tertiary/aromatic N) is 5. The Morgan fingerprint density at radius 3 is 2.64 bits per heavy atom. The number of aryl methyl sites for hydroxylation is 1. The molecule has 0 saturated carbocycles. The molecule has 4 aromatic rings. The number of carbonyl (C=O) groups excluding carboxylic acids is 1. The molecule has 0 radical (unpaired) electrons. The van der Waals surface area contributed by atoms with Crippen molar-refractivity contribution in [1.29, 1.82) is 0 Å². The van der Waals surface area contributed by atoms with E-state index in [0.29, 0.717) is 21.4 Å². The minimum absolute atomic E-state index is 0.0158. The second-order valence-electron chi connectivity index (χ2n) is 8.56. The first-order valence-electron chi connectivity index (χ1n) is 10.0. The number of nitrogens with one attached hydrogen (secondary N) is 1. The van der Waals surface area contributed by atoms with Crippen LogP contribution in [0.1, 0.15) is 48.4 Å². The number of carboxylic acid groups (broad SMARTS) is 1. The third-order valence-electron chi connectivity index (χ3n) is 5.00. The highest BCUT2D eigenvalue weighted by atomic mass is 79.9. The van der Waals surface area contributed by atoms with E-state index in [2.05, 4.69) is 41.5 Å². The van der Waals surface area contributed by atoms with Crippen molar-refractivity contribution in [3.63, 3.8) is 0 Å². The van der Waals surface area contributed by atoms with Gasteiger partial charge in [-0.2, -0.15) is 10.1 Å². The van der Waals surface area contributed by atoms with Crippen LogP contribution < -0.4 is 5.32 Å². The first-order chi connectivity index (χ1) is 15.5. The molecule has 0 fully saturated rings. The maximum absolute atomic E-state index is 12.4. The molecule has 33 heavy (non-hydrogen) atoms. The molecular weight excluding hydrogens is 492 g/mol. The molecule has 10 nitrogen and oxygen atoms in total. The molecule has 1 aromatic carbocycles. The van der Waals surface area contributed by atoms with Crippen molar-refractivity contribution in [3.05, 3.63) is 57.8 Å². The van der Waals surface area contributed by atoms with E-state index in [9.17, 15) is 14.7 Å². The van der Waals surface area contributed by atoms with Gasteiger partial charge in [-0.3, -0.25) is 4.79 Å². The van der Waals surface area contributed by atoms with Gasteiger partial charge in [0.15, 0.2) is 5.65 Å². The Hall–Kier alpha value is -3.60. The number of benzene rings is 1. The van der Waals surface area contributed by atoms with Crippen molar-refractivity contribution >= 4 is 39.0 Å². The molecule has 1 amide bonds. The molecule has 0 atom stereocenters. The first kappa shape index (κ1) is 22.6. The Morgan fingerprint density at radius 2 is 2.00 bits per heavy atom. The summed E-state index contributed by atoms with van der Waals surface area (Å²) in [6.45, 7) is 7.93. The van der Waals surface area contributed by atoms with E-state index in [0.717, 1.165) is 21.4 Å². The smallest absolute Gasteiger partial charge is 0.434 e. The van der Waals surface area contributed by atoms with Crippen LogP contribution in [0.5, 0.6) is 0 Å². The van der Waals surface area contributed by atoms with Gasteiger partial charge in [-0.25, -0.2) is 9.78 Å². The third-order valence-corrected chi connectivity index (χ3v) is 5.43. The van der Waals surface area contributed by atoms with E-state index in [-0.39, 0.29) is 23.4 Å². The quantitative estimate of drug-likeness (QED) is 0.412. The van der Waals surface area contributed by atoms with Gasteiger partial charge in [0.1, 0.15) is 5.69 Å². The summed E-state index contributed by atoms with van der Waals surface area (Å²) in [5.74, 6) is -0.0554. The molecule has 0 spiro atoms. The zero-order valence-electron chi connectivity index (χ0n) is 18.4. The van der Waals surface area contributed by atoms with Gasteiger partial charge in [0.25, 0.3) is 11.7 Å². The standard InChI is InChI=1S/C22H21BrN6O4/c1-11-7-12(16-15-8-14(23)10-24-18(15)29(27-16)21(31)32)5-6-13(11)9-25-19(30)17-26-20(33-28-17)22(2,3)4/h5-8,10H,9H2,1-4H3,(H,25,30)(H,31,32). The largest absolute Gasteiger partial charge is 0.463 e. The van der Waals surface area contributed by atoms with E-state index in [1.807, 2.05) is 45.9 Å². The lowest BCUT2D eigenvalue weighted by Crippen LogP contribution is -2.24. The Morgan fingerprint density at radius 1 is 1.24 bits per heavy atom. The number of amides is 1. The van der Waals surface area contributed by atoms with Crippen molar-refractivity contribution in [2.45, 2.75) is 39.7 Å². The van der Waals surface area contributed by atoms with Gasteiger partial charge in [-0.05, 0) is 46.1 Å². The number of hydrogen-bond donors (Lipinski definition) is 2. The zero-order chi connectivity index (χ0) is 23.9. The Kier molecular flexibility index (Phi) is 5.75. The molecule has 0 saturated heterocycles. The normalized spacial score (nSPS) is 11.7. The number of fused-ring (bicyclic) bond motifs is 1. The summed E-state index contributed by atoms with van der Waals surface area (Å²) >= 11 is 3.37. The lowest BCUT2D eigenvalue weighted by molar-refractivity contribution is 0.0937. The average molecular weight is 513 g/mol. The SMILES string of the molecule is Cc1cc(-c2nn(C(=O)O)c3ncc(Br)cc23)ccc1CNC(=O)c1noc(C(C)(C)C)n1. The molecule has 0 unspecified atom stereocenters. The lowest BCUT2D eigenvalue weighted by Gasteiger charge is -2.10. The molecule has 0 aliphatic carbocycles. The zero-order valence-corrected chi connectivity index (χ0v) is 20.0. The van der Waals surface area contributed by atoms with Gasteiger partial charge in [0.05, 0.1) is 0 Å². The highest BCUT2D eigenvalue weighted by Gasteiger charge is 2.24. The van der Waals surface area contributed by atoms with Crippen LogP contribution in [0.2, 0.25) is 0 Å². The van der Waals surface area contributed by atoms with E-state index in [1.54, 1.807) is 6.07 Å². The molecule has 0 aliphatic rings. The van der Waals surface area contributed by atoms with Crippen LogP contribution in [0.3, 0.4) is 0 Å². The molecule has 2 N–H and O–H groups in total. The molecule has 4 rings (SSSR count). The van der Waals surface area contributed by atoms with Gasteiger partial charge in [0, 0.05) is 33.6 Å². The second-order valence-corrected chi connectivity index (χ2v) is 9.48. The lowest BCUT2D eigenvalue weighted by atomic mass is 9.97. The Bertz CT molecular complexity index is 1390. The molecule has 3 heterocycles. The number of pyridine rings is 1. The molecule has 0 aliphatic heterocycles. The number of hydrogen-bond acceptors (Lipinski definition) is 7. The van der Waals surface area contributed by atoms with Crippen LogP contribution >= 0.6 is 15.9 Å². The summed E-state index contributed by atoms with van der Waals surface area (Å²) < 4.78 is 6.75. The van der Waals surface area contributed by atoms with Crippen LogP contribution in [0.4, 0.5) is 4.79 Å². The van der Waals surface area contributed by atoms with Crippen LogP contribution in [0, 0.1) is 6.92 Å². The summed E-state index contributed by atoms with van der Waals surface area (Å²) in [6.07, 6.45) is 0.312. The fraction of sp³-hybridized carbons (Fsp3) is 0.273. The number of halogens is 1. The van der Waals surface area contributed by atoms with E-state index >= 15 is 0 Å². The average Bonchev–Trinajstić information content (AvgIpc) is 3.38. The van der Waals surface area contributed by atoms with Crippen molar-refractivity contribution in [1.82, 2.24) is 30.2 Å². The van der Waals surface area contributed by atoms with Crippen molar-refractivity contribution < 1.29 is 19.2 Å². The fourth-order valence-electron chi connectivity index (χ4n) is 3.24. The number of rotatable bonds is 4. The van der Waals surface area contributed by atoms with Gasteiger partial charge in [-0.15, -0.1) is 4.68 Å². The minimum Gasteiger partial charge on any atom is -0.463 e. The van der Waals surface area contributed by atoms with Crippen molar-refractivity contribution in [2.24, 2.45) is 0 Å². The Balaban J connectivity index is 1.57. The summed E-state index contributed by atoms with van der Waals surface area (Å²) in [6, 6.07) is 7.36. The molecule has 3 aromatic heterocycles. The molecule has 0 bridgehead atoms. The van der Waals surface area contributed by atoms with E-state index in [1.165, 1.54) is 6.20 Å². The number of aromatic nitrogens is 5. The maximum atomic E-state index is 12.4. The molecule has 170 valence electrons. The summed E-state index contributed by atoms with van der Waals surface area (Å²) in [5, 5.41) is 20.9. The van der Waals surface area contributed by atoms with Gasteiger partial charge in [0.2, 0.25) is 5.89 Å². The van der Waals surface area contributed by atoms with Crippen molar-refractivity contribution in [3.8, 4) is 11.3 Å². The van der Waals surface area contributed by atoms with Crippen LogP contribution in [-0.4, -0.2) is 42.0 Å². The van der Waals surface area contributed by atoms with Gasteiger partial charge in [-0.1, -0.05) is 38.1 Å².